The van der Waals surface area contributed by atoms with Crippen LogP contribution in [0.4, 0.5) is 11.4 Å². The smallest absolute Gasteiger partial charge is 0.293 e. The summed E-state index contributed by atoms with van der Waals surface area (Å²) in [6, 6.07) is 8.29. The first-order valence-corrected chi connectivity index (χ1v) is 12.0. The Morgan fingerprint density at radius 1 is 0.935 bits per heavy atom. The third-order valence-electron chi connectivity index (χ3n) is 5.96. The predicted octanol–water partition coefficient (Wildman–Crippen LogP) is 2.49. The first kappa shape index (κ1) is 21.7. The number of pyridine rings is 1. The van der Waals surface area contributed by atoms with E-state index < -0.39 is 14.9 Å². The maximum atomic E-state index is 12.9. The molecule has 0 amide bonds. The molecule has 0 unspecified atom stereocenters. The monoisotopic (exact) mass is 445 g/mol. The van der Waals surface area contributed by atoms with Crippen molar-refractivity contribution in [1.82, 2.24) is 14.2 Å². The van der Waals surface area contributed by atoms with Crippen molar-refractivity contribution >= 4 is 21.4 Å². The van der Waals surface area contributed by atoms with Crippen molar-refractivity contribution in [2.45, 2.75) is 30.7 Å². The maximum Gasteiger partial charge on any atom is 0.293 e. The highest BCUT2D eigenvalue weighted by Crippen LogP contribution is 2.33. The second-order valence-electron chi connectivity index (χ2n) is 7.99. The zero-order valence-electron chi connectivity index (χ0n) is 17.4. The summed E-state index contributed by atoms with van der Waals surface area (Å²) in [7, 11) is -3.71. The van der Waals surface area contributed by atoms with Crippen molar-refractivity contribution in [2.75, 3.05) is 44.2 Å². The van der Waals surface area contributed by atoms with E-state index in [-0.39, 0.29) is 10.6 Å². The number of nitrogens with zero attached hydrogens (tertiary/aromatic N) is 5. The molecule has 9 nitrogen and oxygen atoms in total. The van der Waals surface area contributed by atoms with Gasteiger partial charge in [-0.1, -0.05) is 6.42 Å². The molecule has 2 saturated heterocycles. The minimum absolute atomic E-state index is 0.00109. The van der Waals surface area contributed by atoms with E-state index in [1.165, 1.54) is 22.0 Å². The van der Waals surface area contributed by atoms with Gasteiger partial charge >= 0.3 is 0 Å². The van der Waals surface area contributed by atoms with Crippen LogP contribution in [0.15, 0.2) is 47.6 Å². The number of piperazine rings is 1. The molecule has 1 aromatic heterocycles. The second kappa shape index (κ2) is 9.29. The lowest BCUT2D eigenvalue weighted by Crippen LogP contribution is -2.46. The summed E-state index contributed by atoms with van der Waals surface area (Å²) in [5.74, 6) is 0. The molecule has 0 bridgehead atoms. The number of sulfonamides is 1. The number of piperidine rings is 1. The Kier molecular flexibility index (Phi) is 6.49. The van der Waals surface area contributed by atoms with E-state index in [1.807, 2.05) is 17.0 Å². The summed E-state index contributed by atoms with van der Waals surface area (Å²) in [4.78, 5) is 19.6. The molecular formula is C21H27N5O4S. The number of nitro benzene ring substituents is 1. The summed E-state index contributed by atoms with van der Waals surface area (Å²) in [6.07, 6.45) is 6.20. The maximum absolute atomic E-state index is 12.9. The molecule has 0 N–H and O–H groups in total. The lowest BCUT2D eigenvalue weighted by atomic mass is 10.2. The van der Waals surface area contributed by atoms with E-state index in [0.29, 0.717) is 31.9 Å². The van der Waals surface area contributed by atoms with Gasteiger partial charge in [0.2, 0.25) is 10.0 Å². The molecule has 31 heavy (non-hydrogen) atoms. The molecule has 0 saturated carbocycles. The van der Waals surface area contributed by atoms with E-state index in [4.69, 9.17) is 0 Å². The molecule has 2 aliphatic heterocycles. The van der Waals surface area contributed by atoms with Gasteiger partial charge in [0.15, 0.2) is 0 Å². The van der Waals surface area contributed by atoms with Crippen LogP contribution in [-0.2, 0) is 16.6 Å². The van der Waals surface area contributed by atoms with Crippen LogP contribution in [0.3, 0.4) is 0 Å². The van der Waals surface area contributed by atoms with Gasteiger partial charge in [-0.2, -0.15) is 4.31 Å². The molecule has 2 aliphatic rings. The minimum Gasteiger partial charge on any atom is -0.363 e. The van der Waals surface area contributed by atoms with Gasteiger partial charge in [0, 0.05) is 64.3 Å². The molecule has 2 aromatic rings. The third kappa shape index (κ3) is 4.86. The first-order valence-electron chi connectivity index (χ1n) is 10.6. The lowest BCUT2D eigenvalue weighted by molar-refractivity contribution is -0.384. The fourth-order valence-electron chi connectivity index (χ4n) is 4.22. The van der Waals surface area contributed by atoms with Crippen LogP contribution >= 0.6 is 0 Å². The SMILES string of the molecule is O=[N+]([O-])c1cc(S(=O)(=O)N2CCCCC2)ccc1N1CCN(Cc2ccncc2)CC1. The van der Waals surface area contributed by atoms with Crippen molar-refractivity contribution in [3.8, 4) is 0 Å². The Labute approximate surface area is 182 Å². The van der Waals surface area contributed by atoms with Crippen molar-refractivity contribution in [1.29, 1.82) is 0 Å². The minimum atomic E-state index is -3.71. The average Bonchev–Trinajstić information content (AvgIpc) is 2.80. The van der Waals surface area contributed by atoms with E-state index >= 15 is 0 Å². The Morgan fingerprint density at radius 2 is 1.61 bits per heavy atom. The van der Waals surface area contributed by atoms with Gasteiger partial charge in [0.25, 0.3) is 5.69 Å². The molecule has 0 aliphatic carbocycles. The molecule has 0 spiro atoms. The van der Waals surface area contributed by atoms with Crippen LogP contribution in [0.1, 0.15) is 24.8 Å². The number of anilines is 1. The fourth-order valence-corrected chi connectivity index (χ4v) is 5.76. The standard InChI is InChI=1S/C21H27N5O4S/c27-26(28)21-16-19(31(29,30)25-10-2-1-3-11-25)4-5-20(21)24-14-12-23(13-15-24)17-18-6-8-22-9-7-18/h4-9,16H,1-3,10-15,17H2. The van der Waals surface area contributed by atoms with Gasteiger partial charge < -0.3 is 4.90 Å². The first-order chi connectivity index (χ1) is 14.9. The highest BCUT2D eigenvalue weighted by molar-refractivity contribution is 7.89. The molecular weight excluding hydrogens is 418 g/mol. The van der Waals surface area contributed by atoms with Gasteiger partial charge in [0.1, 0.15) is 5.69 Å². The van der Waals surface area contributed by atoms with Crippen LogP contribution in [-0.4, -0.2) is 66.8 Å². The number of benzene rings is 1. The summed E-state index contributed by atoms with van der Waals surface area (Å²) >= 11 is 0. The lowest BCUT2D eigenvalue weighted by Gasteiger charge is -2.36. The number of aromatic nitrogens is 1. The van der Waals surface area contributed by atoms with E-state index in [1.54, 1.807) is 18.5 Å². The molecule has 10 heteroatoms. The molecule has 166 valence electrons. The Morgan fingerprint density at radius 3 is 2.26 bits per heavy atom. The van der Waals surface area contributed by atoms with Gasteiger partial charge in [-0.15, -0.1) is 0 Å². The molecule has 0 radical (unpaired) electrons. The predicted molar refractivity (Wildman–Crippen MR) is 117 cm³/mol. The second-order valence-corrected chi connectivity index (χ2v) is 9.93. The quantitative estimate of drug-likeness (QED) is 0.497. The normalized spacial score (nSPS) is 18.8. The topological polar surface area (TPSA) is 99.9 Å². The summed E-state index contributed by atoms with van der Waals surface area (Å²) in [6.45, 7) is 4.58. The molecule has 4 rings (SSSR count). The van der Waals surface area contributed by atoms with E-state index in [2.05, 4.69) is 9.88 Å². The van der Waals surface area contributed by atoms with E-state index in [9.17, 15) is 18.5 Å². The van der Waals surface area contributed by atoms with Crippen molar-refractivity contribution in [3.63, 3.8) is 0 Å². The van der Waals surface area contributed by atoms with Crippen LogP contribution in [0.5, 0.6) is 0 Å². The fraction of sp³-hybridized carbons (Fsp3) is 0.476. The van der Waals surface area contributed by atoms with Crippen LogP contribution in [0.25, 0.3) is 0 Å². The van der Waals surface area contributed by atoms with Crippen molar-refractivity contribution in [2.24, 2.45) is 0 Å². The van der Waals surface area contributed by atoms with Crippen LogP contribution in [0, 0.1) is 10.1 Å². The van der Waals surface area contributed by atoms with Crippen LogP contribution in [0.2, 0.25) is 0 Å². The molecule has 1 aromatic carbocycles. The number of rotatable bonds is 6. The molecule has 3 heterocycles. The average molecular weight is 446 g/mol. The summed E-state index contributed by atoms with van der Waals surface area (Å²) in [5, 5.41) is 11.8. The van der Waals surface area contributed by atoms with Gasteiger partial charge in [0.05, 0.1) is 9.82 Å². The summed E-state index contributed by atoms with van der Waals surface area (Å²) < 4.78 is 27.3. The van der Waals surface area contributed by atoms with Crippen molar-refractivity contribution in [3.05, 3.63) is 58.4 Å². The van der Waals surface area contributed by atoms with E-state index in [0.717, 1.165) is 38.9 Å². The number of hydrogen-bond donors (Lipinski definition) is 0. The van der Waals surface area contributed by atoms with Gasteiger partial charge in [-0.05, 0) is 42.7 Å². The Balaban J connectivity index is 1.49. The largest absolute Gasteiger partial charge is 0.363 e. The molecule has 2 fully saturated rings. The highest BCUT2D eigenvalue weighted by Gasteiger charge is 2.30. The number of nitro groups is 1. The van der Waals surface area contributed by atoms with Gasteiger partial charge in [-0.3, -0.25) is 20.0 Å². The van der Waals surface area contributed by atoms with Gasteiger partial charge in [-0.25, -0.2) is 8.42 Å². The van der Waals surface area contributed by atoms with Crippen molar-refractivity contribution < 1.29 is 13.3 Å². The zero-order valence-corrected chi connectivity index (χ0v) is 18.2. The Bertz CT molecular complexity index is 1020. The third-order valence-corrected chi connectivity index (χ3v) is 7.86. The van der Waals surface area contributed by atoms with Crippen LogP contribution < -0.4 is 4.90 Å². The zero-order chi connectivity index (χ0) is 21.8. The Hall–Kier alpha value is -2.56. The number of hydrogen-bond acceptors (Lipinski definition) is 7. The summed E-state index contributed by atoms with van der Waals surface area (Å²) in [5.41, 5.74) is 1.51. The molecule has 0 atom stereocenters. The highest BCUT2D eigenvalue weighted by atomic mass is 32.2.